The summed E-state index contributed by atoms with van der Waals surface area (Å²) in [6.45, 7) is 0.334. The van der Waals surface area contributed by atoms with Gasteiger partial charge in [0, 0.05) is 11.3 Å². The Hall–Kier alpha value is -2.40. The highest BCUT2D eigenvalue weighted by Crippen LogP contribution is 2.11. The molecular formula is C16H16N2O2S. The van der Waals surface area contributed by atoms with Gasteiger partial charge in [0.05, 0.1) is 13.0 Å². The Bertz CT molecular complexity index is 612. The number of carbonyl (C=O) groups excluding carboxylic acids is 1. The van der Waals surface area contributed by atoms with Crippen molar-refractivity contribution >= 4 is 28.8 Å². The molecule has 0 aromatic heterocycles. The molecule has 1 amide bonds. The zero-order chi connectivity index (χ0) is 15.1. The minimum atomic E-state index is -0.103. The number of benzene rings is 2. The van der Waals surface area contributed by atoms with E-state index in [1.54, 1.807) is 24.3 Å². The molecule has 0 spiro atoms. The SMILES string of the molecule is NC(=S)c1ccc(NC(=O)CCOc2ccccc2)cc1. The number of para-hydroxylation sites is 1. The molecule has 0 aliphatic rings. The molecule has 0 heterocycles. The molecular weight excluding hydrogens is 284 g/mol. The predicted octanol–water partition coefficient (Wildman–Crippen LogP) is 2.73. The van der Waals surface area contributed by atoms with Crippen molar-refractivity contribution in [1.29, 1.82) is 0 Å². The van der Waals surface area contributed by atoms with Crippen molar-refractivity contribution in [1.82, 2.24) is 0 Å². The number of thiocarbonyl (C=S) groups is 1. The van der Waals surface area contributed by atoms with E-state index in [0.717, 1.165) is 11.3 Å². The molecule has 0 bridgehead atoms. The summed E-state index contributed by atoms with van der Waals surface area (Å²) >= 11 is 4.87. The highest BCUT2D eigenvalue weighted by atomic mass is 32.1. The third-order valence-electron chi connectivity index (χ3n) is 2.79. The maximum absolute atomic E-state index is 11.8. The van der Waals surface area contributed by atoms with Crippen molar-refractivity contribution in [3.8, 4) is 5.75 Å². The van der Waals surface area contributed by atoms with E-state index < -0.39 is 0 Å². The van der Waals surface area contributed by atoms with Crippen LogP contribution in [0.15, 0.2) is 54.6 Å². The van der Waals surface area contributed by atoms with Crippen molar-refractivity contribution in [2.24, 2.45) is 5.73 Å². The van der Waals surface area contributed by atoms with Crippen LogP contribution in [0.4, 0.5) is 5.69 Å². The average molecular weight is 300 g/mol. The van der Waals surface area contributed by atoms with Crippen LogP contribution in [-0.2, 0) is 4.79 Å². The summed E-state index contributed by atoms with van der Waals surface area (Å²) in [7, 11) is 0. The van der Waals surface area contributed by atoms with E-state index in [1.807, 2.05) is 30.3 Å². The molecule has 108 valence electrons. The van der Waals surface area contributed by atoms with Crippen LogP contribution < -0.4 is 15.8 Å². The van der Waals surface area contributed by atoms with Crippen LogP contribution in [0, 0.1) is 0 Å². The largest absolute Gasteiger partial charge is 0.493 e. The topological polar surface area (TPSA) is 64.3 Å². The fourth-order valence-electron chi connectivity index (χ4n) is 1.72. The lowest BCUT2D eigenvalue weighted by Gasteiger charge is -2.07. The van der Waals surface area contributed by atoms with Crippen LogP contribution in [0.2, 0.25) is 0 Å². The second-order valence-electron chi connectivity index (χ2n) is 4.40. The Kier molecular flexibility index (Phi) is 5.29. The second-order valence-corrected chi connectivity index (χ2v) is 4.84. The van der Waals surface area contributed by atoms with E-state index in [2.05, 4.69) is 5.32 Å². The van der Waals surface area contributed by atoms with Crippen LogP contribution in [0.1, 0.15) is 12.0 Å². The van der Waals surface area contributed by atoms with Gasteiger partial charge in [-0.3, -0.25) is 4.79 Å². The lowest BCUT2D eigenvalue weighted by molar-refractivity contribution is -0.116. The van der Waals surface area contributed by atoms with Gasteiger partial charge >= 0.3 is 0 Å². The Balaban J connectivity index is 1.78. The predicted molar refractivity (Wildman–Crippen MR) is 87.5 cm³/mol. The Morgan fingerprint density at radius 2 is 1.76 bits per heavy atom. The molecule has 5 heteroatoms. The van der Waals surface area contributed by atoms with Crippen LogP contribution in [0.5, 0.6) is 5.75 Å². The number of anilines is 1. The van der Waals surface area contributed by atoms with Gasteiger partial charge in [-0.25, -0.2) is 0 Å². The van der Waals surface area contributed by atoms with Gasteiger partial charge in [0.2, 0.25) is 5.91 Å². The highest BCUT2D eigenvalue weighted by molar-refractivity contribution is 7.80. The summed E-state index contributed by atoms with van der Waals surface area (Å²) in [5.74, 6) is 0.653. The van der Waals surface area contributed by atoms with Crippen molar-refractivity contribution < 1.29 is 9.53 Å². The molecule has 0 aliphatic heterocycles. The molecule has 0 saturated carbocycles. The first-order valence-electron chi connectivity index (χ1n) is 6.53. The fraction of sp³-hybridized carbons (Fsp3) is 0.125. The number of ether oxygens (including phenoxy) is 1. The minimum Gasteiger partial charge on any atom is -0.493 e. The molecule has 3 N–H and O–H groups in total. The number of carbonyl (C=O) groups is 1. The van der Waals surface area contributed by atoms with Gasteiger partial charge in [-0.15, -0.1) is 0 Å². The molecule has 0 atom stereocenters. The van der Waals surface area contributed by atoms with Crippen LogP contribution in [0.25, 0.3) is 0 Å². The van der Waals surface area contributed by atoms with Crippen LogP contribution >= 0.6 is 12.2 Å². The Morgan fingerprint density at radius 3 is 2.38 bits per heavy atom. The maximum atomic E-state index is 11.8. The standard InChI is InChI=1S/C16H16N2O2S/c17-16(21)12-6-8-13(9-7-12)18-15(19)10-11-20-14-4-2-1-3-5-14/h1-9H,10-11H2,(H2,17,21)(H,18,19). The van der Waals surface area contributed by atoms with Gasteiger partial charge < -0.3 is 15.8 Å². The molecule has 0 unspecified atom stereocenters. The summed E-state index contributed by atoms with van der Waals surface area (Å²) < 4.78 is 5.47. The zero-order valence-corrected chi connectivity index (χ0v) is 12.2. The van der Waals surface area contributed by atoms with Crippen molar-refractivity contribution in [3.63, 3.8) is 0 Å². The third-order valence-corrected chi connectivity index (χ3v) is 3.03. The Morgan fingerprint density at radius 1 is 1.10 bits per heavy atom. The van der Waals surface area contributed by atoms with Crippen molar-refractivity contribution in [3.05, 3.63) is 60.2 Å². The first-order chi connectivity index (χ1) is 10.1. The van der Waals surface area contributed by atoms with Gasteiger partial charge in [-0.1, -0.05) is 30.4 Å². The van der Waals surface area contributed by atoms with Gasteiger partial charge in [0.1, 0.15) is 10.7 Å². The monoisotopic (exact) mass is 300 g/mol. The first kappa shape index (κ1) is 15.0. The first-order valence-corrected chi connectivity index (χ1v) is 6.93. The molecule has 0 radical (unpaired) electrons. The van der Waals surface area contributed by atoms with Crippen LogP contribution in [-0.4, -0.2) is 17.5 Å². The maximum Gasteiger partial charge on any atom is 0.227 e. The molecule has 4 nitrogen and oxygen atoms in total. The van der Waals surface area contributed by atoms with Gasteiger partial charge in [0.25, 0.3) is 0 Å². The van der Waals surface area contributed by atoms with Gasteiger partial charge in [0.15, 0.2) is 0 Å². The van der Waals surface area contributed by atoms with Crippen molar-refractivity contribution in [2.45, 2.75) is 6.42 Å². The lowest BCUT2D eigenvalue weighted by Crippen LogP contribution is -2.15. The van der Waals surface area contributed by atoms with Gasteiger partial charge in [-0.2, -0.15) is 0 Å². The second kappa shape index (κ2) is 7.40. The van der Waals surface area contributed by atoms with E-state index in [0.29, 0.717) is 17.3 Å². The summed E-state index contributed by atoms with van der Waals surface area (Å²) in [6, 6.07) is 16.5. The van der Waals surface area contributed by atoms with E-state index in [4.69, 9.17) is 22.7 Å². The summed E-state index contributed by atoms with van der Waals surface area (Å²) in [6.07, 6.45) is 0.284. The summed E-state index contributed by atoms with van der Waals surface area (Å²) in [5.41, 5.74) is 7.00. The molecule has 0 aliphatic carbocycles. The Labute approximate surface area is 128 Å². The highest BCUT2D eigenvalue weighted by Gasteiger charge is 2.03. The van der Waals surface area contributed by atoms with Gasteiger partial charge in [-0.05, 0) is 36.4 Å². The molecule has 0 fully saturated rings. The minimum absolute atomic E-state index is 0.103. The molecule has 21 heavy (non-hydrogen) atoms. The number of nitrogens with two attached hydrogens (primary N) is 1. The molecule has 2 aromatic rings. The number of nitrogens with one attached hydrogen (secondary N) is 1. The van der Waals surface area contributed by atoms with E-state index >= 15 is 0 Å². The normalized spacial score (nSPS) is 9.90. The molecule has 0 saturated heterocycles. The summed E-state index contributed by atoms with van der Waals surface area (Å²) in [5, 5.41) is 2.79. The molecule has 2 rings (SSSR count). The summed E-state index contributed by atoms with van der Waals surface area (Å²) in [4.78, 5) is 12.1. The quantitative estimate of drug-likeness (QED) is 0.805. The lowest BCUT2D eigenvalue weighted by atomic mass is 10.2. The number of hydrogen-bond acceptors (Lipinski definition) is 3. The number of hydrogen-bond donors (Lipinski definition) is 2. The van der Waals surface area contributed by atoms with Crippen molar-refractivity contribution in [2.75, 3.05) is 11.9 Å². The average Bonchev–Trinajstić information content (AvgIpc) is 2.49. The molecule has 2 aromatic carbocycles. The smallest absolute Gasteiger partial charge is 0.227 e. The fourth-order valence-corrected chi connectivity index (χ4v) is 1.86. The number of rotatable bonds is 6. The van der Waals surface area contributed by atoms with E-state index in [1.165, 1.54) is 0 Å². The zero-order valence-electron chi connectivity index (χ0n) is 11.4. The van der Waals surface area contributed by atoms with E-state index in [-0.39, 0.29) is 12.3 Å². The van der Waals surface area contributed by atoms with E-state index in [9.17, 15) is 4.79 Å². The third kappa shape index (κ3) is 4.89. The van der Waals surface area contributed by atoms with Crippen LogP contribution in [0.3, 0.4) is 0 Å². The number of amides is 1.